The second-order valence-corrected chi connectivity index (χ2v) is 6.74. The van der Waals surface area contributed by atoms with Crippen LogP contribution in [0.15, 0.2) is 34.7 Å². The zero-order chi connectivity index (χ0) is 16.3. The Morgan fingerprint density at radius 1 is 1.36 bits per heavy atom. The molecule has 1 aromatic heterocycles. The average Bonchev–Trinajstić information content (AvgIpc) is 2.87. The quantitative estimate of drug-likeness (QED) is 0.929. The van der Waals surface area contributed by atoms with Gasteiger partial charge in [-0.2, -0.15) is 5.26 Å². The molecule has 1 aromatic carbocycles. The number of carbonyl (C=O) groups is 1. The number of benzene rings is 1. The minimum atomic E-state index is -3.27. The van der Waals surface area contributed by atoms with Crippen molar-refractivity contribution < 1.29 is 22.0 Å². The molecule has 0 radical (unpaired) electrons. The first-order valence-corrected chi connectivity index (χ1v) is 8.12. The smallest absolute Gasteiger partial charge is 0.291 e. The molecule has 0 aliphatic carbocycles. The van der Waals surface area contributed by atoms with E-state index < -0.39 is 21.6 Å². The lowest BCUT2D eigenvalue weighted by Gasteiger charge is -2.04. The number of hydrogen-bond donors (Lipinski definition) is 1. The molecule has 2 rings (SSSR count). The molecule has 6 nitrogen and oxygen atoms in total. The molecule has 1 heterocycles. The highest BCUT2D eigenvalue weighted by Crippen LogP contribution is 2.16. The Hall–Kier alpha value is -2.66. The summed E-state index contributed by atoms with van der Waals surface area (Å²) in [5.41, 5.74) is 0.0269. The first-order chi connectivity index (χ1) is 10.3. The van der Waals surface area contributed by atoms with Gasteiger partial charge in [-0.1, -0.05) is 0 Å². The second-order valence-electron chi connectivity index (χ2n) is 4.60. The molecule has 0 saturated heterocycles. The van der Waals surface area contributed by atoms with Crippen molar-refractivity contribution in [1.82, 2.24) is 0 Å². The molecule has 1 amide bonds. The van der Waals surface area contributed by atoms with Gasteiger partial charge in [-0.25, -0.2) is 12.8 Å². The predicted molar refractivity (Wildman–Crippen MR) is 76.3 cm³/mol. The topological polar surface area (TPSA) is 100 Å². The third-order valence-corrected chi connectivity index (χ3v) is 3.44. The zero-order valence-electron chi connectivity index (χ0n) is 11.5. The van der Waals surface area contributed by atoms with Gasteiger partial charge in [0.05, 0.1) is 5.56 Å². The number of sulfone groups is 1. The first-order valence-electron chi connectivity index (χ1n) is 6.06. The van der Waals surface area contributed by atoms with Crippen molar-refractivity contribution >= 4 is 21.4 Å². The molecule has 2 aromatic rings. The molecule has 0 fully saturated rings. The first kappa shape index (κ1) is 15.7. The summed E-state index contributed by atoms with van der Waals surface area (Å²) in [6.07, 6.45) is 1.05. The standard InChI is InChI=1S/C14H11FN2O4S/c1-22(19,20)8-11-3-5-13(21-11)14(18)17-10-2-4-12(15)9(6-10)7-16/h2-6H,8H2,1H3,(H,17,18). The number of halogens is 1. The number of amides is 1. The van der Waals surface area contributed by atoms with Crippen molar-refractivity contribution in [3.05, 3.63) is 53.2 Å². The second kappa shape index (κ2) is 5.99. The van der Waals surface area contributed by atoms with Crippen LogP contribution in [0, 0.1) is 17.1 Å². The van der Waals surface area contributed by atoms with Crippen molar-refractivity contribution in [3.8, 4) is 6.07 Å². The lowest BCUT2D eigenvalue weighted by atomic mass is 10.2. The van der Waals surface area contributed by atoms with Crippen LogP contribution in [-0.4, -0.2) is 20.6 Å². The van der Waals surface area contributed by atoms with Gasteiger partial charge in [-0.05, 0) is 30.3 Å². The van der Waals surface area contributed by atoms with E-state index in [1.54, 1.807) is 6.07 Å². The Morgan fingerprint density at radius 2 is 2.09 bits per heavy atom. The van der Waals surface area contributed by atoms with E-state index in [0.29, 0.717) is 0 Å². The van der Waals surface area contributed by atoms with Crippen molar-refractivity contribution in [2.75, 3.05) is 11.6 Å². The van der Waals surface area contributed by atoms with Gasteiger partial charge in [0.15, 0.2) is 15.6 Å². The minimum absolute atomic E-state index is 0.0820. The van der Waals surface area contributed by atoms with Crippen LogP contribution in [0.4, 0.5) is 10.1 Å². The fraction of sp³-hybridized carbons (Fsp3) is 0.143. The van der Waals surface area contributed by atoms with Gasteiger partial charge in [0.25, 0.3) is 5.91 Å². The predicted octanol–water partition coefficient (Wildman–Crippen LogP) is 2.09. The number of nitriles is 1. The van der Waals surface area contributed by atoms with Crippen molar-refractivity contribution in [2.45, 2.75) is 5.75 Å². The van der Waals surface area contributed by atoms with Crippen LogP contribution in [0.2, 0.25) is 0 Å². The summed E-state index contributed by atoms with van der Waals surface area (Å²) in [6.45, 7) is 0. The molecule has 0 saturated carbocycles. The monoisotopic (exact) mass is 322 g/mol. The summed E-state index contributed by atoms with van der Waals surface area (Å²) in [5.74, 6) is -1.56. The van der Waals surface area contributed by atoms with E-state index in [0.717, 1.165) is 12.3 Å². The Labute approximate surface area is 126 Å². The summed E-state index contributed by atoms with van der Waals surface area (Å²) in [6, 6.07) is 7.94. The maximum atomic E-state index is 13.2. The third kappa shape index (κ3) is 3.93. The van der Waals surface area contributed by atoms with Gasteiger partial charge in [0.2, 0.25) is 0 Å². The van der Waals surface area contributed by atoms with Crippen molar-refractivity contribution in [2.24, 2.45) is 0 Å². The molecular formula is C14H11FN2O4S. The number of hydrogen-bond acceptors (Lipinski definition) is 5. The van der Waals surface area contributed by atoms with E-state index in [9.17, 15) is 17.6 Å². The molecule has 0 bridgehead atoms. The molecular weight excluding hydrogens is 311 g/mol. The van der Waals surface area contributed by atoms with Gasteiger partial charge in [0, 0.05) is 11.9 Å². The van der Waals surface area contributed by atoms with Gasteiger partial charge in [-0.15, -0.1) is 0 Å². The number of anilines is 1. The number of furan rings is 1. The molecule has 8 heteroatoms. The van der Waals surface area contributed by atoms with E-state index >= 15 is 0 Å². The Bertz CT molecular complexity index is 865. The maximum absolute atomic E-state index is 13.2. The van der Waals surface area contributed by atoms with E-state index in [4.69, 9.17) is 9.68 Å². The van der Waals surface area contributed by atoms with Crippen LogP contribution in [0.3, 0.4) is 0 Å². The molecule has 0 aliphatic rings. The fourth-order valence-corrected chi connectivity index (χ4v) is 2.39. The summed E-state index contributed by atoms with van der Waals surface area (Å²) in [4.78, 5) is 11.9. The lowest BCUT2D eigenvalue weighted by molar-refractivity contribution is 0.0995. The number of rotatable bonds is 4. The highest BCUT2D eigenvalue weighted by molar-refractivity contribution is 7.89. The molecule has 114 valence electrons. The summed E-state index contributed by atoms with van der Waals surface area (Å²) in [7, 11) is -3.27. The van der Waals surface area contributed by atoms with E-state index in [1.165, 1.54) is 24.3 Å². The van der Waals surface area contributed by atoms with E-state index in [-0.39, 0.29) is 28.5 Å². The van der Waals surface area contributed by atoms with Crippen LogP contribution < -0.4 is 5.32 Å². The highest BCUT2D eigenvalue weighted by Gasteiger charge is 2.15. The number of nitrogens with one attached hydrogen (secondary N) is 1. The SMILES string of the molecule is CS(=O)(=O)Cc1ccc(C(=O)Nc2ccc(F)c(C#N)c2)o1. The lowest BCUT2D eigenvalue weighted by Crippen LogP contribution is -2.11. The number of nitrogens with zero attached hydrogens (tertiary/aromatic N) is 1. The molecule has 0 unspecified atom stereocenters. The van der Waals surface area contributed by atoms with Gasteiger partial charge in [0.1, 0.15) is 23.4 Å². The minimum Gasteiger partial charge on any atom is -0.455 e. The highest BCUT2D eigenvalue weighted by atomic mass is 32.2. The van der Waals surface area contributed by atoms with E-state index in [1.807, 2.05) is 0 Å². The van der Waals surface area contributed by atoms with Crippen LogP contribution in [-0.2, 0) is 15.6 Å². The van der Waals surface area contributed by atoms with Crippen molar-refractivity contribution in [3.63, 3.8) is 0 Å². The molecule has 0 atom stereocenters. The van der Waals surface area contributed by atoms with Crippen LogP contribution in [0.5, 0.6) is 0 Å². The summed E-state index contributed by atoms with van der Waals surface area (Å²) in [5, 5.41) is 11.2. The molecule has 0 aliphatic heterocycles. The Balaban J connectivity index is 2.15. The summed E-state index contributed by atoms with van der Waals surface area (Å²) >= 11 is 0. The van der Waals surface area contributed by atoms with Gasteiger partial charge >= 0.3 is 0 Å². The molecule has 1 N–H and O–H groups in total. The van der Waals surface area contributed by atoms with Crippen molar-refractivity contribution in [1.29, 1.82) is 5.26 Å². The molecule has 0 spiro atoms. The third-order valence-electron chi connectivity index (χ3n) is 2.63. The largest absolute Gasteiger partial charge is 0.455 e. The van der Waals surface area contributed by atoms with E-state index in [2.05, 4.69) is 5.32 Å². The van der Waals surface area contributed by atoms with Crippen LogP contribution in [0.25, 0.3) is 0 Å². The number of carbonyl (C=O) groups excluding carboxylic acids is 1. The zero-order valence-corrected chi connectivity index (χ0v) is 12.3. The van der Waals surface area contributed by atoms with Gasteiger partial charge in [-0.3, -0.25) is 4.79 Å². The Morgan fingerprint density at radius 3 is 2.73 bits per heavy atom. The van der Waals surface area contributed by atoms with Crippen LogP contribution >= 0.6 is 0 Å². The fourth-order valence-electron chi connectivity index (χ4n) is 1.72. The van der Waals surface area contributed by atoms with Gasteiger partial charge < -0.3 is 9.73 Å². The normalized spacial score (nSPS) is 11.0. The average molecular weight is 322 g/mol. The Kier molecular flexibility index (Phi) is 4.28. The van der Waals surface area contributed by atoms with Crippen LogP contribution in [0.1, 0.15) is 21.9 Å². The molecule has 22 heavy (non-hydrogen) atoms. The summed E-state index contributed by atoms with van der Waals surface area (Å²) < 4.78 is 40.6. The maximum Gasteiger partial charge on any atom is 0.291 e.